The molecule has 2 aromatic carbocycles. The summed E-state index contributed by atoms with van der Waals surface area (Å²) in [5.74, 6) is -1.20. The van der Waals surface area contributed by atoms with Crippen LogP contribution in [0.1, 0.15) is 30.4 Å². The first kappa shape index (κ1) is 16.1. The second kappa shape index (κ2) is 6.22. The summed E-state index contributed by atoms with van der Waals surface area (Å²) in [4.78, 5) is 10.8. The molecule has 2 rings (SSSR count). The van der Waals surface area contributed by atoms with E-state index >= 15 is 0 Å². The minimum atomic E-state index is -4.43. The first-order valence-corrected chi connectivity index (χ1v) is 6.77. The summed E-state index contributed by atoms with van der Waals surface area (Å²) in [7, 11) is 0. The topological polar surface area (TPSA) is 37.3 Å². The maximum Gasteiger partial charge on any atom is 0.417 e. The second-order valence-electron chi connectivity index (χ2n) is 5.17. The first-order chi connectivity index (χ1) is 10.3. The lowest BCUT2D eigenvalue weighted by Gasteiger charge is -2.15. The fraction of sp³-hybridized carbons (Fsp3) is 0.235. The van der Waals surface area contributed by atoms with Crippen molar-refractivity contribution in [2.24, 2.45) is 0 Å². The molecule has 1 N–H and O–H groups in total. The van der Waals surface area contributed by atoms with Crippen LogP contribution in [-0.2, 0) is 11.0 Å². The Hall–Kier alpha value is -2.30. The molecule has 0 bridgehead atoms. The van der Waals surface area contributed by atoms with Crippen molar-refractivity contribution in [3.8, 4) is 11.1 Å². The Kier molecular flexibility index (Phi) is 4.54. The highest BCUT2D eigenvalue weighted by molar-refractivity contribution is 5.70. The predicted octanol–water partition coefficient (Wildman–Crippen LogP) is 4.95. The fourth-order valence-electron chi connectivity index (χ4n) is 2.37. The highest BCUT2D eigenvalue weighted by Crippen LogP contribution is 2.37. The first-order valence-electron chi connectivity index (χ1n) is 6.77. The van der Waals surface area contributed by atoms with E-state index in [1.807, 2.05) is 0 Å². The maximum absolute atomic E-state index is 13.1. The molecule has 2 aromatic rings. The summed E-state index contributed by atoms with van der Waals surface area (Å²) >= 11 is 0. The van der Waals surface area contributed by atoms with Crippen molar-refractivity contribution in [3.63, 3.8) is 0 Å². The monoisotopic (exact) mass is 308 g/mol. The third kappa shape index (κ3) is 3.67. The van der Waals surface area contributed by atoms with Gasteiger partial charge in [0, 0.05) is 0 Å². The van der Waals surface area contributed by atoms with Gasteiger partial charge in [0.15, 0.2) is 0 Å². The molecule has 0 radical (unpaired) electrons. The van der Waals surface area contributed by atoms with Crippen molar-refractivity contribution < 1.29 is 23.1 Å². The van der Waals surface area contributed by atoms with Crippen LogP contribution in [0, 0.1) is 0 Å². The molecule has 1 atom stereocenters. The molecular formula is C17H15F3O2. The van der Waals surface area contributed by atoms with E-state index in [0.29, 0.717) is 11.1 Å². The Morgan fingerprint density at radius 1 is 1.14 bits per heavy atom. The second-order valence-corrected chi connectivity index (χ2v) is 5.17. The molecule has 22 heavy (non-hydrogen) atoms. The summed E-state index contributed by atoms with van der Waals surface area (Å²) in [6.45, 7) is 1.74. The molecule has 116 valence electrons. The SMILES string of the molecule is CC(CC(=O)O)c1cccc(-c2ccccc2C(F)(F)F)c1. The summed E-state index contributed by atoms with van der Waals surface area (Å²) in [5.41, 5.74) is 0.539. The van der Waals surface area contributed by atoms with Crippen LogP contribution in [0.5, 0.6) is 0 Å². The van der Waals surface area contributed by atoms with E-state index in [1.165, 1.54) is 12.1 Å². The van der Waals surface area contributed by atoms with Crippen LogP contribution < -0.4 is 0 Å². The molecule has 0 heterocycles. The number of aliphatic carboxylic acids is 1. The highest BCUT2D eigenvalue weighted by atomic mass is 19.4. The normalized spacial score (nSPS) is 12.9. The molecule has 1 unspecified atom stereocenters. The fourth-order valence-corrected chi connectivity index (χ4v) is 2.37. The van der Waals surface area contributed by atoms with Gasteiger partial charge in [-0.1, -0.05) is 49.4 Å². The Morgan fingerprint density at radius 3 is 2.45 bits per heavy atom. The van der Waals surface area contributed by atoms with Crippen LogP contribution in [0.25, 0.3) is 11.1 Å². The van der Waals surface area contributed by atoms with E-state index in [0.717, 1.165) is 6.07 Å². The highest BCUT2D eigenvalue weighted by Gasteiger charge is 2.33. The van der Waals surface area contributed by atoms with Crippen molar-refractivity contribution in [2.75, 3.05) is 0 Å². The van der Waals surface area contributed by atoms with Gasteiger partial charge in [0.05, 0.1) is 12.0 Å². The number of hydrogen-bond acceptors (Lipinski definition) is 1. The lowest BCUT2D eigenvalue weighted by molar-refractivity contribution is -0.138. The lowest BCUT2D eigenvalue weighted by Crippen LogP contribution is -2.07. The summed E-state index contributed by atoms with van der Waals surface area (Å²) in [5, 5.41) is 8.83. The van der Waals surface area contributed by atoms with Gasteiger partial charge >= 0.3 is 12.1 Å². The average Bonchev–Trinajstić information content (AvgIpc) is 2.46. The lowest BCUT2D eigenvalue weighted by atomic mass is 9.92. The van der Waals surface area contributed by atoms with Crippen LogP contribution in [0.15, 0.2) is 48.5 Å². The quantitative estimate of drug-likeness (QED) is 0.867. The Morgan fingerprint density at radius 2 is 1.82 bits per heavy atom. The molecule has 0 aliphatic carbocycles. The summed E-state index contributed by atoms with van der Waals surface area (Å²) < 4.78 is 39.3. The van der Waals surface area contributed by atoms with Crippen molar-refractivity contribution in [2.45, 2.75) is 25.4 Å². The van der Waals surface area contributed by atoms with Gasteiger partial charge in [-0.05, 0) is 28.7 Å². The standard InChI is InChI=1S/C17H15F3O2/c1-11(9-16(21)22)12-5-4-6-13(10-12)14-7-2-3-8-15(14)17(18,19)20/h2-8,10-11H,9H2,1H3,(H,21,22). The van der Waals surface area contributed by atoms with Crippen LogP contribution in [0.4, 0.5) is 13.2 Å². The Bertz CT molecular complexity index is 678. The maximum atomic E-state index is 13.1. The van der Waals surface area contributed by atoms with E-state index < -0.39 is 17.7 Å². The van der Waals surface area contributed by atoms with Crippen molar-refractivity contribution in [3.05, 3.63) is 59.7 Å². The molecule has 0 amide bonds. The average molecular weight is 308 g/mol. The van der Waals surface area contributed by atoms with Crippen molar-refractivity contribution in [1.29, 1.82) is 0 Å². The summed E-state index contributed by atoms with van der Waals surface area (Å²) in [6, 6.07) is 12.0. The van der Waals surface area contributed by atoms with Crippen LogP contribution in [-0.4, -0.2) is 11.1 Å². The third-order valence-corrected chi connectivity index (χ3v) is 3.48. The molecule has 0 aliphatic heterocycles. The molecule has 0 saturated heterocycles. The molecule has 0 aromatic heterocycles. The van der Waals surface area contributed by atoms with Gasteiger partial charge in [-0.2, -0.15) is 13.2 Å². The minimum absolute atomic E-state index is 0.0651. The van der Waals surface area contributed by atoms with Gasteiger partial charge in [-0.3, -0.25) is 4.79 Å². The molecule has 2 nitrogen and oxygen atoms in total. The number of benzene rings is 2. The number of alkyl halides is 3. The van der Waals surface area contributed by atoms with Gasteiger partial charge in [-0.15, -0.1) is 0 Å². The van der Waals surface area contributed by atoms with Gasteiger partial charge in [0.1, 0.15) is 0 Å². The number of carboxylic acids is 1. The number of carbonyl (C=O) groups is 1. The van der Waals surface area contributed by atoms with Gasteiger partial charge < -0.3 is 5.11 Å². The molecule has 5 heteroatoms. The smallest absolute Gasteiger partial charge is 0.417 e. The minimum Gasteiger partial charge on any atom is -0.481 e. The van der Waals surface area contributed by atoms with Crippen LogP contribution in [0.3, 0.4) is 0 Å². The number of rotatable bonds is 4. The van der Waals surface area contributed by atoms with E-state index in [-0.39, 0.29) is 17.9 Å². The number of halogens is 3. The molecule has 0 fully saturated rings. The Balaban J connectivity index is 2.45. The molecule has 0 saturated carbocycles. The number of hydrogen-bond donors (Lipinski definition) is 1. The van der Waals surface area contributed by atoms with Crippen molar-refractivity contribution >= 4 is 5.97 Å². The van der Waals surface area contributed by atoms with E-state index in [9.17, 15) is 18.0 Å². The van der Waals surface area contributed by atoms with Gasteiger partial charge in [0.25, 0.3) is 0 Å². The van der Waals surface area contributed by atoms with Crippen LogP contribution in [0.2, 0.25) is 0 Å². The van der Waals surface area contributed by atoms with E-state index in [4.69, 9.17) is 5.11 Å². The molecular weight excluding hydrogens is 293 g/mol. The number of carboxylic acid groups (broad SMARTS) is 1. The zero-order chi connectivity index (χ0) is 16.3. The van der Waals surface area contributed by atoms with Crippen LogP contribution >= 0.6 is 0 Å². The zero-order valence-corrected chi connectivity index (χ0v) is 11.9. The van der Waals surface area contributed by atoms with E-state index in [1.54, 1.807) is 37.3 Å². The van der Waals surface area contributed by atoms with E-state index in [2.05, 4.69) is 0 Å². The Labute approximate surface area is 126 Å². The van der Waals surface area contributed by atoms with Crippen molar-refractivity contribution in [1.82, 2.24) is 0 Å². The molecule has 0 aliphatic rings. The van der Waals surface area contributed by atoms with Gasteiger partial charge in [0.2, 0.25) is 0 Å². The summed E-state index contributed by atoms with van der Waals surface area (Å²) in [6.07, 6.45) is -4.50. The largest absolute Gasteiger partial charge is 0.481 e. The third-order valence-electron chi connectivity index (χ3n) is 3.48. The molecule has 0 spiro atoms. The van der Waals surface area contributed by atoms with Gasteiger partial charge in [-0.25, -0.2) is 0 Å². The predicted molar refractivity (Wildman–Crippen MR) is 77.5 cm³/mol. The zero-order valence-electron chi connectivity index (χ0n) is 11.9.